The Balaban J connectivity index is 1.89. The molecule has 1 heterocycles. The van der Waals surface area contributed by atoms with Gasteiger partial charge in [0.15, 0.2) is 0 Å². The molecule has 0 unspecified atom stereocenters. The zero-order chi connectivity index (χ0) is 15.4. The van der Waals surface area contributed by atoms with Gasteiger partial charge in [0.1, 0.15) is 11.5 Å². The summed E-state index contributed by atoms with van der Waals surface area (Å²) in [7, 11) is 1.77. The van der Waals surface area contributed by atoms with Crippen LogP contribution in [0.3, 0.4) is 0 Å². The summed E-state index contributed by atoms with van der Waals surface area (Å²) in [5.41, 5.74) is 2.07. The zero-order valence-corrected chi connectivity index (χ0v) is 14.0. The number of carbonyl (C=O) groups excluding carboxylic acids is 1. The van der Waals surface area contributed by atoms with Crippen LogP contribution in [0.2, 0.25) is 0 Å². The molecule has 1 N–H and O–H groups in total. The molecule has 2 rings (SSSR count). The van der Waals surface area contributed by atoms with Crippen LogP contribution < -0.4 is 5.32 Å². The number of nitrogens with one attached hydrogen (secondary N) is 1. The number of aryl methyl sites for hydroxylation is 2. The normalized spacial score (nSPS) is 10.5. The van der Waals surface area contributed by atoms with Gasteiger partial charge in [-0.2, -0.15) is 0 Å². The first-order valence-electron chi connectivity index (χ1n) is 6.75. The number of rotatable bonds is 5. The fourth-order valence-electron chi connectivity index (χ4n) is 2.02. The van der Waals surface area contributed by atoms with Crippen LogP contribution in [0.4, 0.5) is 5.69 Å². The maximum atomic E-state index is 12.1. The summed E-state index contributed by atoms with van der Waals surface area (Å²) < 4.78 is 6.51. The van der Waals surface area contributed by atoms with Crippen molar-refractivity contribution in [1.29, 1.82) is 0 Å². The maximum absolute atomic E-state index is 12.1. The molecule has 0 atom stereocenters. The first-order valence-corrected chi connectivity index (χ1v) is 7.54. The molecule has 2 aromatic rings. The third kappa shape index (κ3) is 4.36. The number of carbonyl (C=O) groups is 1. The van der Waals surface area contributed by atoms with Crippen LogP contribution >= 0.6 is 15.9 Å². The average Bonchev–Trinajstić information content (AvgIpc) is 2.82. The lowest BCUT2D eigenvalue weighted by atomic mass is 10.2. The summed E-state index contributed by atoms with van der Waals surface area (Å²) in [6, 6.07) is 9.72. The van der Waals surface area contributed by atoms with E-state index in [2.05, 4.69) is 21.2 Å². The van der Waals surface area contributed by atoms with Crippen LogP contribution in [0.1, 0.15) is 17.1 Å². The van der Waals surface area contributed by atoms with Crippen LogP contribution in [0.5, 0.6) is 0 Å². The number of benzene rings is 1. The fourth-order valence-corrected chi connectivity index (χ4v) is 2.50. The summed E-state index contributed by atoms with van der Waals surface area (Å²) in [5, 5.41) is 3.17. The molecule has 21 heavy (non-hydrogen) atoms. The van der Waals surface area contributed by atoms with E-state index in [1.54, 1.807) is 11.9 Å². The summed E-state index contributed by atoms with van der Waals surface area (Å²) in [6.45, 7) is 4.64. The van der Waals surface area contributed by atoms with E-state index in [1.807, 2.05) is 44.2 Å². The van der Waals surface area contributed by atoms with Crippen molar-refractivity contribution < 1.29 is 9.21 Å². The third-order valence-corrected chi connectivity index (χ3v) is 3.73. The molecular weight excluding hydrogens is 332 g/mol. The smallest absolute Gasteiger partial charge is 0.242 e. The number of hydrogen-bond acceptors (Lipinski definition) is 3. The van der Waals surface area contributed by atoms with Gasteiger partial charge in [0, 0.05) is 17.2 Å². The zero-order valence-electron chi connectivity index (χ0n) is 12.4. The second kappa shape index (κ2) is 6.80. The molecule has 0 aliphatic carbocycles. The molecule has 0 saturated heterocycles. The van der Waals surface area contributed by atoms with Gasteiger partial charge in [-0.1, -0.05) is 15.9 Å². The lowest BCUT2D eigenvalue weighted by Crippen LogP contribution is -2.31. The van der Waals surface area contributed by atoms with E-state index in [1.165, 1.54) is 0 Å². The van der Waals surface area contributed by atoms with Crippen LogP contribution in [0.15, 0.2) is 39.2 Å². The Morgan fingerprint density at radius 3 is 2.67 bits per heavy atom. The van der Waals surface area contributed by atoms with Gasteiger partial charge in [0.05, 0.1) is 13.1 Å². The SMILES string of the molecule is Cc1ccc(CN(C)C(=O)CNc2ccc(Br)cc2C)o1. The van der Waals surface area contributed by atoms with Crippen molar-refractivity contribution in [3.8, 4) is 0 Å². The van der Waals surface area contributed by atoms with Crippen molar-refractivity contribution in [2.45, 2.75) is 20.4 Å². The Morgan fingerprint density at radius 2 is 2.05 bits per heavy atom. The number of amides is 1. The monoisotopic (exact) mass is 350 g/mol. The predicted molar refractivity (Wildman–Crippen MR) is 87.3 cm³/mol. The van der Waals surface area contributed by atoms with E-state index < -0.39 is 0 Å². The molecular formula is C16H19BrN2O2. The van der Waals surface area contributed by atoms with Crippen molar-refractivity contribution >= 4 is 27.5 Å². The van der Waals surface area contributed by atoms with Crippen LogP contribution in [-0.2, 0) is 11.3 Å². The van der Waals surface area contributed by atoms with Gasteiger partial charge in [-0.05, 0) is 49.7 Å². The summed E-state index contributed by atoms with van der Waals surface area (Å²) in [5.74, 6) is 1.67. The maximum Gasteiger partial charge on any atom is 0.242 e. The second-order valence-corrected chi connectivity index (χ2v) is 5.99. The molecule has 1 amide bonds. The molecule has 0 fully saturated rings. The Kier molecular flexibility index (Phi) is 5.07. The van der Waals surface area contributed by atoms with Crippen molar-refractivity contribution in [3.63, 3.8) is 0 Å². The minimum atomic E-state index is 0.0198. The van der Waals surface area contributed by atoms with Crippen molar-refractivity contribution in [3.05, 3.63) is 51.9 Å². The highest BCUT2D eigenvalue weighted by atomic mass is 79.9. The number of anilines is 1. The van der Waals surface area contributed by atoms with Crippen molar-refractivity contribution in [2.75, 3.05) is 18.9 Å². The quantitative estimate of drug-likeness (QED) is 0.893. The molecule has 0 saturated carbocycles. The van der Waals surface area contributed by atoms with Crippen LogP contribution in [0.25, 0.3) is 0 Å². The number of nitrogens with zero attached hydrogens (tertiary/aromatic N) is 1. The van der Waals surface area contributed by atoms with Gasteiger partial charge in [-0.15, -0.1) is 0 Å². The summed E-state index contributed by atoms with van der Waals surface area (Å²) >= 11 is 3.43. The molecule has 0 bridgehead atoms. The molecule has 0 radical (unpaired) electrons. The fraction of sp³-hybridized carbons (Fsp3) is 0.312. The van der Waals surface area contributed by atoms with Gasteiger partial charge >= 0.3 is 0 Å². The van der Waals surface area contributed by atoms with Gasteiger partial charge in [0.2, 0.25) is 5.91 Å². The highest BCUT2D eigenvalue weighted by Crippen LogP contribution is 2.19. The van der Waals surface area contributed by atoms with Gasteiger partial charge in [-0.25, -0.2) is 0 Å². The molecule has 112 valence electrons. The number of hydrogen-bond donors (Lipinski definition) is 1. The molecule has 0 aliphatic heterocycles. The predicted octanol–water partition coefficient (Wildman–Crippen LogP) is 3.73. The Labute approximate surface area is 133 Å². The first-order chi connectivity index (χ1) is 9.95. The lowest BCUT2D eigenvalue weighted by Gasteiger charge is -2.17. The van der Waals surface area contributed by atoms with Crippen LogP contribution in [-0.4, -0.2) is 24.4 Å². The van der Waals surface area contributed by atoms with E-state index in [4.69, 9.17) is 4.42 Å². The molecule has 1 aromatic heterocycles. The molecule has 1 aromatic carbocycles. The standard InChI is InChI=1S/C16H19BrN2O2/c1-11-8-13(17)5-7-15(11)18-9-16(20)19(3)10-14-6-4-12(2)21-14/h4-8,18H,9-10H2,1-3H3. The third-order valence-electron chi connectivity index (χ3n) is 3.23. The highest BCUT2D eigenvalue weighted by Gasteiger charge is 2.11. The highest BCUT2D eigenvalue weighted by molar-refractivity contribution is 9.10. The van der Waals surface area contributed by atoms with E-state index in [0.29, 0.717) is 6.54 Å². The Bertz CT molecular complexity index is 637. The topological polar surface area (TPSA) is 45.5 Å². The summed E-state index contributed by atoms with van der Waals surface area (Å²) in [4.78, 5) is 13.8. The van der Waals surface area contributed by atoms with Gasteiger partial charge < -0.3 is 14.6 Å². The molecule has 0 spiro atoms. The Morgan fingerprint density at radius 1 is 1.29 bits per heavy atom. The molecule has 5 heteroatoms. The first kappa shape index (κ1) is 15.6. The molecule has 4 nitrogen and oxygen atoms in total. The lowest BCUT2D eigenvalue weighted by molar-refractivity contribution is -0.128. The minimum Gasteiger partial charge on any atom is -0.464 e. The largest absolute Gasteiger partial charge is 0.464 e. The Hall–Kier alpha value is -1.75. The van der Waals surface area contributed by atoms with E-state index in [-0.39, 0.29) is 12.5 Å². The van der Waals surface area contributed by atoms with E-state index >= 15 is 0 Å². The van der Waals surface area contributed by atoms with Gasteiger partial charge in [0.25, 0.3) is 0 Å². The second-order valence-electron chi connectivity index (χ2n) is 5.07. The van der Waals surface area contributed by atoms with Crippen molar-refractivity contribution in [2.24, 2.45) is 0 Å². The van der Waals surface area contributed by atoms with Crippen molar-refractivity contribution in [1.82, 2.24) is 4.90 Å². The number of halogens is 1. The van der Waals surface area contributed by atoms with E-state index in [9.17, 15) is 4.79 Å². The molecule has 0 aliphatic rings. The van der Waals surface area contributed by atoms with Crippen LogP contribution in [0, 0.1) is 13.8 Å². The van der Waals surface area contributed by atoms with E-state index in [0.717, 1.165) is 27.2 Å². The minimum absolute atomic E-state index is 0.0198. The number of furan rings is 1. The van der Waals surface area contributed by atoms with Gasteiger partial charge in [-0.3, -0.25) is 4.79 Å². The average molecular weight is 351 g/mol. The number of likely N-dealkylation sites (N-methyl/N-ethyl adjacent to an activating group) is 1. The summed E-state index contributed by atoms with van der Waals surface area (Å²) in [6.07, 6.45) is 0.